The van der Waals surface area contributed by atoms with E-state index >= 15 is 0 Å². The van der Waals surface area contributed by atoms with Crippen LogP contribution in [0, 0.1) is 20.8 Å². The Balaban J connectivity index is 2.15. The minimum absolute atomic E-state index is 0.101. The van der Waals surface area contributed by atoms with Crippen molar-refractivity contribution < 1.29 is 13.2 Å². The van der Waals surface area contributed by atoms with Crippen molar-refractivity contribution in [1.82, 2.24) is 0 Å². The number of aryl methyl sites for hydroxylation is 3. The molecule has 2 rings (SSSR count). The Hall–Kier alpha value is -0.870. The lowest BCUT2D eigenvalue weighted by atomic mass is 10.0. The highest BCUT2D eigenvalue weighted by atomic mass is 32.2. The number of hydrogen-bond acceptors (Lipinski definition) is 3. The highest BCUT2D eigenvalue weighted by Crippen LogP contribution is 2.21. The van der Waals surface area contributed by atoms with Gasteiger partial charge in [-0.15, -0.1) is 0 Å². The Morgan fingerprint density at radius 1 is 1.21 bits per heavy atom. The van der Waals surface area contributed by atoms with Crippen LogP contribution in [0.1, 0.15) is 35.1 Å². The lowest BCUT2D eigenvalue weighted by Crippen LogP contribution is -2.22. The molecule has 1 aliphatic heterocycles. The molecular weight excluding hydrogens is 260 g/mol. The largest absolute Gasteiger partial charge is 0.377 e. The smallest absolute Gasteiger partial charge is 0.157 e. The SMILES string of the molecule is Cc1cc(C)c(CS(=O)(=O)C[C@H]2CCCO2)c(C)c1. The van der Waals surface area contributed by atoms with Gasteiger partial charge in [0, 0.05) is 6.61 Å². The fourth-order valence-corrected chi connectivity index (χ4v) is 4.62. The Labute approximate surface area is 115 Å². The van der Waals surface area contributed by atoms with Gasteiger partial charge in [0.1, 0.15) is 0 Å². The van der Waals surface area contributed by atoms with Crippen LogP contribution >= 0.6 is 0 Å². The first-order valence-corrected chi connectivity index (χ1v) is 8.58. The summed E-state index contributed by atoms with van der Waals surface area (Å²) in [5.41, 5.74) is 4.25. The summed E-state index contributed by atoms with van der Waals surface area (Å²) >= 11 is 0. The van der Waals surface area contributed by atoms with E-state index in [0.29, 0.717) is 6.61 Å². The highest BCUT2D eigenvalue weighted by Gasteiger charge is 2.24. The molecule has 106 valence electrons. The predicted molar refractivity (Wildman–Crippen MR) is 77.1 cm³/mol. The summed E-state index contributed by atoms with van der Waals surface area (Å²) in [6.07, 6.45) is 1.74. The van der Waals surface area contributed by atoms with Crippen molar-refractivity contribution in [3.05, 3.63) is 34.4 Å². The molecule has 0 aromatic heterocycles. The Kier molecular flexibility index (Phi) is 4.31. The van der Waals surface area contributed by atoms with Crippen molar-refractivity contribution in [3.63, 3.8) is 0 Å². The lowest BCUT2D eigenvalue weighted by Gasteiger charge is -2.14. The second-order valence-corrected chi connectivity index (χ2v) is 7.68. The van der Waals surface area contributed by atoms with Crippen molar-refractivity contribution >= 4 is 9.84 Å². The molecule has 0 amide bonds. The first-order chi connectivity index (χ1) is 8.87. The molecule has 0 unspecified atom stereocenters. The van der Waals surface area contributed by atoms with Crippen LogP contribution in [-0.2, 0) is 20.3 Å². The number of benzene rings is 1. The minimum atomic E-state index is -3.10. The molecule has 19 heavy (non-hydrogen) atoms. The first kappa shape index (κ1) is 14.5. The molecule has 0 spiro atoms. The van der Waals surface area contributed by atoms with Crippen molar-refractivity contribution in [2.24, 2.45) is 0 Å². The van der Waals surface area contributed by atoms with Gasteiger partial charge in [0.15, 0.2) is 9.84 Å². The van der Waals surface area contributed by atoms with Crippen LogP contribution in [0.25, 0.3) is 0 Å². The molecule has 1 aliphatic rings. The average molecular weight is 282 g/mol. The van der Waals surface area contributed by atoms with Gasteiger partial charge in [0.25, 0.3) is 0 Å². The van der Waals surface area contributed by atoms with Crippen molar-refractivity contribution in [3.8, 4) is 0 Å². The van der Waals surface area contributed by atoms with Gasteiger partial charge in [0.2, 0.25) is 0 Å². The van der Waals surface area contributed by atoms with E-state index in [1.165, 1.54) is 5.56 Å². The Morgan fingerprint density at radius 2 is 1.84 bits per heavy atom. The molecule has 1 aromatic rings. The van der Waals surface area contributed by atoms with E-state index in [1.807, 2.05) is 32.9 Å². The fourth-order valence-electron chi connectivity index (χ4n) is 2.78. The van der Waals surface area contributed by atoms with Crippen LogP contribution in [0.4, 0.5) is 0 Å². The van der Waals surface area contributed by atoms with Gasteiger partial charge in [-0.05, 0) is 50.3 Å². The third-order valence-corrected chi connectivity index (χ3v) is 5.28. The molecule has 1 atom stereocenters. The first-order valence-electron chi connectivity index (χ1n) is 6.76. The van der Waals surface area contributed by atoms with Crippen LogP contribution in [0.2, 0.25) is 0 Å². The summed E-state index contributed by atoms with van der Waals surface area (Å²) in [7, 11) is -3.10. The van der Waals surface area contributed by atoms with Crippen LogP contribution in [-0.4, -0.2) is 26.9 Å². The number of hydrogen-bond donors (Lipinski definition) is 0. The topological polar surface area (TPSA) is 43.4 Å². The molecule has 0 N–H and O–H groups in total. The summed E-state index contributed by atoms with van der Waals surface area (Å²) in [5.74, 6) is 0.282. The van der Waals surface area contributed by atoms with E-state index in [4.69, 9.17) is 4.74 Å². The maximum absolute atomic E-state index is 12.3. The van der Waals surface area contributed by atoms with Crippen LogP contribution < -0.4 is 0 Å². The second-order valence-electron chi connectivity index (χ2n) is 5.57. The van der Waals surface area contributed by atoms with Gasteiger partial charge in [-0.3, -0.25) is 0 Å². The van der Waals surface area contributed by atoms with Crippen LogP contribution in [0.15, 0.2) is 12.1 Å². The van der Waals surface area contributed by atoms with E-state index in [-0.39, 0.29) is 17.6 Å². The summed E-state index contributed by atoms with van der Waals surface area (Å²) < 4.78 is 30.0. The molecular formula is C15H22O3S. The van der Waals surface area contributed by atoms with E-state index in [9.17, 15) is 8.42 Å². The van der Waals surface area contributed by atoms with Gasteiger partial charge in [-0.1, -0.05) is 17.7 Å². The average Bonchev–Trinajstić information content (AvgIpc) is 2.75. The zero-order chi connectivity index (χ0) is 14.0. The molecule has 0 aliphatic carbocycles. The molecule has 1 heterocycles. The molecule has 0 saturated carbocycles. The van der Waals surface area contributed by atoms with Crippen molar-refractivity contribution in [1.29, 1.82) is 0 Å². The van der Waals surface area contributed by atoms with E-state index in [0.717, 1.165) is 29.5 Å². The Bertz CT molecular complexity index is 532. The predicted octanol–water partition coefficient (Wildman–Crippen LogP) is 2.71. The van der Waals surface area contributed by atoms with Gasteiger partial charge >= 0.3 is 0 Å². The molecule has 1 saturated heterocycles. The maximum Gasteiger partial charge on any atom is 0.157 e. The fraction of sp³-hybridized carbons (Fsp3) is 0.600. The summed E-state index contributed by atoms with van der Waals surface area (Å²) in [6, 6.07) is 4.09. The monoisotopic (exact) mass is 282 g/mol. The standard InChI is InChI=1S/C15H22O3S/c1-11-7-12(2)15(13(3)8-11)10-19(16,17)9-14-5-4-6-18-14/h7-8,14H,4-6,9-10H2,1-3H3/t14-/m1/s1. The third-order valence-electron chi connectivity index (χ3n) is 3.67. The summed E-state index contributed by atoms with van der Waals surface area (Å²) in [4.78, 5) is 0. The number of ether oxygens (including phenoxy) is 1. The summed E-state index contributed by atoms with van der Waals surface area (Å²) in [6.45, 7) is 6.70. The van der Waals surface area contributed by atoms with Gasteiger partial charge < -0.3 is 4.74 Å². The van der Waals surface area contributed by atoms with Crippen molar-refractivity contribution in [2.75, 3.05) is 12.4 Å². The molecule has 4 heteroatoms. The maximum atomic E-state index is 12.3. The summed E-state index contributed by atoms with van der Waals surface area (Å²) in [5, 5.41) is 0. The zero-order valence-corrected chi connectivity index (χ0v) is 12.7. The van der Waals surface area contributed by atoms with E-state index in [1.54, 1.807) is 0 Å². The van der Waals surface area contributed by atoms with Crippen LogP contribution in [0.5, 0.6) is 0 Å². The van der Waals surface area contributed by atoms with E-state index in [2.05, 4.69) is 0 Å². The zero-order valence-electron chi connectivity index (χ0n) is 11.9. The normalized spacial score (nSPS) is 19.8. The van der Waals surface area contributed by atoms with E-state index < -0.39 is 9.84 Å². The van der Waals surface area contributed by atoms with Gasteiger partial charge in [-0.2, -0.15) is 0 Å². The molecule has 0 radical (unpaired) electrons. The molecule has 1 aromatic carbocycles. The number of rotatable bonds is 4. The molecule has 3 nitrogen and oxygen atoms in total. The van der Waals surface area contributed by atoms with Gasteiger partial charge in [0.05, 0.1) is 17.6 Å². The minimum Gasteiger partial charge on any atom is -0.377 e. The van der Waals surface area contributed by atoms with Crippen molar-refractivity contribution in [2.45, 2.75) is 45.5 Å². The highest BCUT2D eigenvalue weighted by molar-refractivity contribution is 7.90. The van der Waals surface area contributed by atoms with Gasteiger partial charge in [-0.25, -0.2) is 8.42 Å². The molecule has 1 fully saturated rings. The third kappa shape index (κ3) is 3.80. The quantitative estimate of drug-likeness (QED) is 0.853. The second kappa shape index (κ2) is 5.63. The number of sulfone groups is 1. The Morgan fingerprint density at radius 3 is 2.37 bits per heavy atom. The lowest BCUT2D eigenvalue weighted by molar-refractivity contribution is 0.127. The van der Waals surface area contributed by atoms with Crippen LogP contribution in [0.3, 0.4) is 0 Å². The molecule has 0 bridgehead atoms.